The van der Waals surface area contributed by atoms with Crippen LogP contribution in [0.5, 0.6) is 0 Å². The fraction of sp³-hybridized carbons (Fsp3) is 0.150. The van der Waals surface area contributed by atoms with Crippen molar-refractivity contribution < 1.29 is 0 Å². The first-order valence-corrected chi connectivity index (χ1v) is 9.16. The van der Waals surface area contributed by atoms with Crippen molar-refractivity contribution >= 4 is 15.9 Å². The molecule has 0 atom stereocenters. The number of rotatable bonds is 4. The molecule has 0 bridgehead atoms. The van der Waals surface area contributed by atoms with E-state index in [1.165, 1.54) is 5.56 Å². The standard InChI is InChI=1S/C20H18BrN5/c1-14-3-9-18(10-4-14)26-19(13-25-12-11-22-15(25)2)23-24-20(26)16-5-7-17(21)8-6-16/h3-12H,13H2,1-2H3. The fourth-order valence-electron chi connectivity index (χ4n) is 2.89. The Morgan fingerprint density at radius 2 is 1.65 bits per heavy atom. The first-order chi connectivity index (χ1) is 12.6. The van der Waals surface area contributed by atoms with Crippen LogP contribution in [0.15, 0.2) is 65.4 Å². The maximum absolute atomic E-state index is 4.49. The van der Waals surface area contributed by atoms with Gasteiger partial charge in [0.1, 0.15) is 5.82 Å². The van der Waals surface area contributed by atoms with Crippen molar-refractivity contribution in [3.8, 4) is 17.1 Å². The van der Waals surface area contributed by atoms with Crippen LogP contribution in [-0.4, -0.2) is 24.3 Å². The zero-order valence-corrected chi connectivity index (χ0v) is 16.2. The average molecular weight is 408 g/mol. The van der Waals surface area contributed by atoms with Crippen molar-refractivity contribution in [3.05, 3.63) is 82.6 Å². The third kappa shape index (κ3) is 3.20. The van der Waals surface area contributed by atoms with Gasteiger partial charge in [-0.15, -0.1) is 10.2 Å². The minimum atomic E-state index is 0.614. The van der Waals surface area contributed by atoms with E-state index < -0.39 is 0 Å². The van der Waals surface area contributed by atoms with Gasteiger partial charge in [-0.2, -0.15) is 0 Å². The molecule has 26 heavy (non-hydrogen) atoms. The molecule has 0 aliphatic heterocycles. The number of hydrogen-bond donors (Lipinski definition) is 0. The molecule has 0 saturated heterocycles. The van der Waals surface area contributed by atoms with Gasteiger partial charge in [0.15, 0.2) is 11.6 Å². The molecule has 130 valence electrons. The second kappa shape index (κ2) is 6.88. The summed E-state index contributed by atoms with van der Waals surface area (Å²) >= 11 is 3.49. The molecule has 4 rings (SSSR count). The smallest absolute Gasteiger partial charge is 0.168 e. The highest BCUT2D eigenvalue weighted by Crippen LogP contribution is 2.25. The lowest BCUT2D eigenvalue weighted by Crippen LogP contribution is -2.09. The molecule has 0 amide bonds. The molecule has 0 saturated carbocycles. The Bertz CT molecular complexity index is 1030. The number of benzene rings is 2. The Balaban J connectivity index is 1.85. The first kappa shape index (κ1) is 16.7. The van der Waals surface area contributed by atoms with Crippen LogP contribution in [-0.2, 0) is 6.54 Å². The maximum atomic E-state index is 4.49. The van der Waals surface area contributed by atoms with Gasteiger partial charge < -0.3 is 4.57 Å². The summed E-state index contributed by atoms with van der Waals surface area (Å²) in [5.74, 6) is 2.65. The highest BCUT2D eigenvalue weighted by molar-refractivity contribution is 9.10. The van der Waals surface area contributed by atoms with E-state index in [0.717, 1.165) is 33.2 Å². The van der Waals surface area contributed by atoms with E-state index in [9.17, 15) is 0 Å². The van der Waals surface area contributed by atoms with E-state index in [1.54, 1.807) is 6.20 Å². The molecule has 2 aromatic heterocycles. The van der Waals surface area contributed by atoms with E-state index in [-0.39, 0.29) is 0 Å². The van der Waals surface area contributed by atoms with Gasteiger partial charge in [0.05, 0.1) is 6.54 Å². The Morgan fingerprint density at radius 3 is 2.31 bits per heavy atom. The number of hydrogen-bond acceptors (Lipinski definition) is 3. The number of halogens is 1. The second-order valence-electron chi connectivity index (χ2n) is 6.22. The molecule has 2 aromatic carbocycles. The summed E-state index contributed by atoms with van der Waals surface area (Å²) in [4.78, 5) is 4.30. The minimum absolute atomic E-state index is 0.614. The van der Waals surface area contributed by atoms with Crippen LogP contribution < -0.4 is 0 Å². The summed E-state index contributed by atoms with van der Waals surface area (Å²) in [6, 6.07) is 16.5. The summed E-state index contributed by atoms with van der Waals surface area (Å²) in [5, 5.41) is 8.97. The molecule has 2 heterocycles. The van der Waals surface area contributed by atoms with Crippen LogP contribution in [0.2, 0.25) is 0 Å². The van der Waals surface area contributed by atoms with Crippen LogP contribution >= 0.6 is 15.9 Å². The Labute approximate surface area is 160 Å². The Morgan fingerprint density at radius 1 is 0.923 bits per heavy atom. The van der Waals surface area contributed by atoms with Gasteiger partial charge in [-0.25, -0.2) is 4.98 Å². The van der Waals surface area contributed by atoms with E-state index in [2.05, 4.69) is 71.4 Å². The molecule has 0 spiro atoms. The topological polar surface area (TPSA) is 48.5 Å². The van der Waals surface area contributed by atoms with E-state index >= 15 is 0 Å². The van der Waals surface area contributed by atoms with Crippen molar-refractivity contribution in [2.24, 2.45) is 0 Å². The fourth-order valence-corrected chi connectivity index (χ4v) is 3.16. The molecule has 0 aliphatic rings. The monoisotopic (exact) mass is 407 g/mol. The van der Waals surface area contributed by atoms with Gasteiger partial charge in [-0.05, 0) is 38.1 Å². The van der Waals surface area contributed by atoms with Crippen molar-refractivity contribution in [3.63, 3.8) is 0 Å². The minimum Gasteiger partial charge on any atom is -0.328 e. The molecule has 0 radical (unpaired) electrons. The van der Waals surface area contributed by atoms with Gasteiger partial charge >= 0.3 is 0 Å². The number of imidazole rings is 1. The lowest BCUT2D eigenvalue weighted by Gasteiger charge is -2.12. The van der Waals surface area contributed by atoms with Crippen molar-refractivity contribution in [2.45, 2.75) is 20.4 Å². The van der Waals surface area contributed by atoms with Gasteiger partial charge in [0.2, 0.25) is 0 Å². The van der Waals surface area contributed by atoms with Crippen LogP contribution in [0.1, 0.15) is 17.2 Å². The highest BCUT2D eigenvalue weighted by Gasteiger charge is 2.16. The summed E-state index contributed by atoms with van der Waals surface area (Å²) in [6.45, 7) is 4.69. The maximum Gasteiger partial charge on any atom is 0.168 e. The van der Waals surface area contributed by atoms with Crippen molar-refractivity contribution in [1.29, 1.82) is 0 Å². The molecular formula is C20H18BrN5. The van der Waals surface area contributed by atoms with E-state index in [1.807, 2.05) is 37.4 Å². The zero-order valence-electron chi connectivity index (χ0n) is 14.6. The van der Waals surface area contributed by atoms with Crippen molar-refractivity contribution in [2.75, 3.05) is 0 Å². The Kier molecular flexibility index (Phi) is 4.42. The second-order valence-corrected chi connectivity index (χ2v) is 7.14. The SMILES string of the molecule is Cc1ccc(-n2c(Cn3ccnc3C)nnc2-c2ccc(Br)cc2)cc1. The molecule has 0 unspecified atom stereocenters. The predicted molar refractivity (Wildman–Crippen MR) is 105 cm³/mol. The predicted octanol–water partition coefficient (Wildman–Crippen LogP) is 4.56. The highest BCUT2D eigenvalue weighted by atomic mass is 79.9. The van der Waals surface area contributed by atoms with Gasteiger partial charge in [0.25, 0.3) is 0 Å². The van der Waals surface area contributed by atoms with Gasteiger partial charge in [0, 0.05) is 28.1 Å². The lowest BCUT2D eigenvalue weighted by molar-refractivity contribution is 0.702. The van der Waals surface area contributed by atoms with Crippen LogP contribution in [0.25, 0.3) is 17.1 Å². The number of aromatic nitrogens is 5. The van der Waals surface area contributed by atoms with Crippen LogP contribution in [0, 0.1) is 13.8 Å². The molecule has 0 aliphatic carbocycles. The van der Waals surface area contributed by atoms with Crippen molar-refractivity contribution in [1.82, 2.24) is 24.3 Å². The third-order valence-corrected chi connectivity index (χ3v) is 4.89. The molecule has 0 N–H and O–H groups in total. The largest absolute Gasteiger partial charge is 0.328 e. The lowest BCUT2D eigenvalue weighted by atomic mass is 10.2. The molecule has 4 aromatic rings. The first-order valence-electron chi connectivity index (χ1n) is 8.37. The zero-order chi connectivity index (χ0) is 18.1. The summed E-state index contributed by atoms with van der Waals surface area (Å²) in [5.41, 5.74) is 3.29. The van der Waals surface area contributed by atoms with Crippen LogP contribution in [0.3, 0.4) is 0 Å². The van der Waals surface area contributed by atoms with E-state index in [4.69, 9.17) is 0 Å². The molecular weight excluding hydrogens is 390 g/mol. The Hall–Kier alpha value is -2.73. The van der Waals surface area contributed by atoms with E-state index in [0.29, 0.717) is 6.54 Å². The van der Waals surface area contributed by atoms with Crippen LogP contribution in [0.4, 0.5) is 0 Å². The molecule has 5 nitrogen and oxygen atoms in total. The van der Waals surface area contributed by atoms with Gasteiger partial charge in [-0.1, -0.05) is 45.8 Å². The third-order valence-electron chi connectivity index (χ3n) is 4.36. The normalized spacial score (nSPS) is 11.0. The summed E-state index contributed by atoms with van der Waals surface area (Å²) < 4.78 is 5.22. The summed E-state index contributed by atoms with van der Waals surface area (Å²) in [7, 11) is 0. The molecule has 0 fully saturated rings. The average Bonchev–Trinajstić information content (AvgIpc) is 3.24. The molecule has 6 heteroatoms. The number of aryl methyl sites for hydroxylation is 2. The summed E-state index contributed by atoms with van der Waals surface area (Å²) in [6.07, 6.45) is 3.76. The number of nitrogens with zero attached hydrogens (tertiary/aromatic N) is 5. The van der Waals surface area contributed by atoms with Gasteiger partial charge in [-0.3, -0.25) is 4.57 Å². The quantitative estimate of drug-likeness (QED) is 0.498.